The molecule has 0 radical (unpaired) electrons. The number of hydrogen-bond donors (Lipinski definition) is 1. The van der Waals surface area contributed by atoms with Crippen molar-refractivity contribution in [3.8, 4) is 0 Å². The van der Waals surface area contributed by atoms with E-state index >= 15 is 0 Å². The third-order valence-electron chi connectivity index (χ3n) is 5.55. The topological polar surface area (TPSA) is 84.6 Å². The normalized spacial score (nSPS) is 15.4. The predicted octanol–water partition coefficient (Wildman–Crippen LogP) is 5.36. The maximum absolute atomic E-state index is 13.1. The minimum Gasteiger partial charge on any atom is -0.467 e. The fourth-order valence-electron chi connectivity index (χ4n) is 3.90. The molecule has 9 heteroatoms. The van der Waals surface area contributed by atoms with Crippen LogP contribution in [0.5, 0.6) is 0 Å². The van der Waals surface area contributed by atoms with Crippen LogP contribution in [0.3, 0.4) is 0 Å². The Kier molecular flexibility index (Phi) is 5.85. The van der Waals surface area contributed by atoms with Gasteiger partial charge in [0.1, 0.15) is 11.3 Å². The van der Waals surface area contributed by atoms with E-state index in [-0.39, 0.29) is 12.1 Å². The highest BCUT2D eigenvalue weighted by molar-refractivity contribution is 9.10. The second-order valence-corrected chi connectivity index (χ2v) is 9.08. The van der Waals surface area contributed by atoms with Crippen molar-refractivity contribution < 1.29 is 18.8 Å². The summed E-state index contributed by atoms with van der Waals surface area (Å²) in [6.45, 7) is 0.423. The number of halogens is 2. The summed E-state index contributed by atoms with van der Waals surface area (Å²) in [5.41, 5.74) is 2.36. The SMILES string of the molecule is O=C1NC(=O)N(Cc2ccco2)C(=O)/C1=C/c1cn(Cc2ccccc2Cl)c2ccc(Br)cc12. The molecule has 3 heterocycles. The van der Waals surface area contributed by atoms with Gasteiger partial charge in [-0.15, -0.1) is 0 Å². The van der Waals surface area contributed by atoms with Crippen molar-refractivity contribution in [1.82, 2.24) is 14.8 Å². The van der Waals surface area contributed by atoms with Crippen molar-refractivity contribution in [2.45, 2.75) is 13.1 Å². The molecule has 0 unspecified atom stereocenters. The van der Waals surface area contributed by atoms with Crippen molar-refractivity contribution in [1.29, 1.82) is 0 Å². The summed E-state index contributed by atoms with van der Waals surface area (Å²) >= 11 is 9.86. The number of furan rings is 1. The van der Waals surface area contributed by atoms with E-state index in [9.17, 15) is 14.4 Å². The second-order valence-electron chi connectivity index (χ2n) is 7.75. The molecule has 7 nitrogen and oxygen atoms in total. The lowest BCUT2D eigenvalue weighted by molar-refractivity contribution is -0.130. The number of fused-ring (bicyclic) bond motifs is 1. The molecular weight excluding hydrogens is 522 g/mol. The first-order valence-corrected chi connectivity index (χ1v) is 11.5. The molecule has 4 amide bonds. The van der Waals surface area contributed by atoms with Crippen molar-refractivity contribution in [3.63, 3.8) is 0 Å². The van der Waals surface area contributed by atoms with Gasteiger partial charge in [-0.05, 0) is 48.0 Å². The highest BCUT2D eigenvalue weighted by Gasteiger charge is 2.36. The summed E-state index contributed by atoms with van der Waals surface area (Å²) in [6, 6.07) is 15.9. The maximum Gasteiger partial charge on any atom is 0.331 e. The molecule has 1 aliphatic rings. The molecule has 4 aromatic rings. The van der Waals surface area contributed by atoms with E-state index in [4.69, 9.17) is 16.0 Å². The fourth-order valence-corrected chi connectivity index (χ4v) is 4.46. The van der Waals surface area contributed by atoms with Gasteiger partial charge in [0, 0.05) is 38.7 Å². The van der Waals surface area contributed by atoms with Crippen LogP contribution in [0.2, 0.25) is 5.02 Å². The van der Waals surface area contributed by atoms with Gasteiger partial charge in [-0.3, -0.25) is 19.8 Å². The van der Waals surface area contributed by atoms with Gasteiger partial charge in [0.15, 0.2) is 0 Å². The van der Waals surface area contributed by atoms with Gasteiger partial charge in [-0.25, -0.2) is 4.79 Å². The number of urea groups is 1. The summed E-state index contributed by atoms with van der Waals surface area (Å²) in [5.74, 6) is -1.00. The van der Waals surface area contributed by atoms with Crippen LogP contribution < -0.4 is 5.32 Å². The molecular formula is C25H17BrClN3O4. The van der Waals surface area contributed by atoms with Crippen LogP contribution in [0.15, 0.2) is 81.5 Å². The first-order valence-electron chi connectivity index (χ1n) is 10.3. The highest BCUT2D eigenvalue weighted by atomic mass is 79.9. The average Bonchev–Trinajstić information content (AvgIpc) is 3.44. The number of benzene rings is 2. The minimum absolute atomic E-state index is 0.0812. The summed E-state index contributed by atoms with van der Waals surface area (Å²) in [5, 5.41) is 3.73. The number of carbonyl (C=O) groups is 3. The Hall–Kier alpha value is -3.62. The van der Waals surface area contributed by atoms with Crippen LogP contribution in [0.1, 0.15) is 16.9 Å². The molecule has 1 saturated heterocycles. The summed E-state index contributed by atoms with van der Waals surface area (Å²) in [7, 11) is 0. The van der Waals surface area contributed by atoms with Gasteiger partial charge in [0.05, 0.1) is 12.8 Å². The second kappa shape index (κ2) is 8.96. The first-order chi connectivity index (χ1) is 16.4. The van der Waals surface area contributed by atoms with Crippen LogP contribution in [0, 0.1) is 0 Å². The standard InChI is InChI=1S/C25H17BrClN3O4/c26-17-7-8-22-19(11-17)16(13-29(22)12-15-4-1-2-6-21(15)27)10-20-23(31)28-25(33)30(24(20)32)14-18-5-3-9-34-18/h1-11,13H,12,14H2,(H,28,31,33)/b20-10+. The largest absolute Gasteiger partial charge is 0.467 e. The number of barbiturate groups is 1. The number of hydrogen-bond acceptors (Lipinski definition) is 4. The molecule has 0 spiro atoms. The maximum atomic E-state index is 13.1. The van der Waals surface area contributed by atoms with E-state index in [1.54, 1.807) is 12.1 Å². The average molecular weight is 539 g/mol. The van der Waals surface area contributed by atoms with Gasteiger partial charge >= 0.3 is 6.03 Å². The molecule has 34 heavy (non-hydrogen) atoms. The Balaban J connectivity index is 1.56. The summed E-state index contributed by atoms with van der Waals surface area (Å²) in [4.78, 5) is 39.0. The lowest BCUT2D eigenvalue weighted by atomic mass is 10.1. The monoisotopic (exact) mass is 537 g/mol. The quantitative estimate of drug-likeness (QED) is 0.274. The molecule has 1 aliphatic heterocycles. The molecule has 1 fully saturated rings. The van der Waals surface area contributed by atoms with E-state index in [0.717, 1.165) is 25.8 Å². The van der Waals surface area contributed by atoms with Gasteiger partial charge in [-0.2, -0.15) is 0 Å². The summed E-state index contributed by atoms with van der Waals surface area (Å²) < 4.78 is 8.11. The zero-order valence-electron chi connectivity index (χ0n) is 17.6. The number of imide groups is 2. The molecule has 0 aliphatic carbocycles. The molecule has 1 N–H and O–H groups in total. The third kappa shape index (κ3) is 4.18. The zero-order chi connectivity index (χ0) is 23.8. The Morgan fingerprint density at radius 1 is 1.03 bits per heavy atom. The number of rotatable bonds is 5. The minimum atomic E-state index is -0.785. The molecule has 2 aromatic carbocycles. The Morgan fingerprint density at radius 2 is 1.85 bits per heavy atom. The van der Waals surface area contributed by atoms with Crippen LogP contribution >= 0.6 is 27.5 Å². The third-order valence-corrected chi connectivity index (χ3v) is 6.41. The fraction of sp³-hybridized carbons (Fsp3) is 0.0800. The Bertz CT molecular complexity index is 1470. The summed E-state index contributed by atoms with van der Waals surface area (Å²) in [6.07, 6.45) is 4.83. The Labute approximate surface area is 207 Å². The van der Waals surface area contributed by atoms with Crippen LogP contribution in [-0.2, 0) is 22.7 Å². The molecule has 5 rings (SSSR count). The van der Waals surface area contributed by atoms with E-state index in [1.807, 2.05) is 53.2 Å². The lowest BCUT2D eigenvalue weighted by Crippen LogP contribution is -2.53. The van der Waals surface area contributed by atoms with Crippen molar-refractivity contribution in [2.75, 3.05) is 0 Å². The number of carbonyl (C=O) groups excluding carboxylic acids is 3. The molecule has 170 valence electrons. The van der Waals surface area contributed by atoms with Gasteiger partial charge < -0.3 is 8.98 Å². The van der Waals surface area contributed by atoms with Crippen molar-refractivity contribution >= 4 is 62.4 Å². The van der Waals surface area contributed by atoms with Crippen molar-refractivity contribution in [2.24, 2.45) is 0 Å². The number of nitrogens with zero attached hydrogens (tertiary/aromatic N) is 2. The first kappa shape index (κ1) is 22.2. The number of aromatic nitrogens is 1. The molecule has 0 atom stereocenters. The predicted molar refractivity (Wildman–Crippen MR) is 131 cm³/mol. The van der Waals surface area contributed by atoms with E-state index in [1.165, 1.54) is 12.3 Å². The van der Waals surface area contributed by atoms with Gasteiger partial charge in [0.2, 0.25) is 0 Å². The molecule has 0 saturated carbocycles. The van der Waals surface area contributed by atoms with Gasteiger partial charge in [0.25, 0.3) is 11.8 Å². The smallest absolute Gasteiger partial charge is 0.331 e. The van der Waals surface area contributed by atoms with Crippen molar-refractivity contribution in [3.05, 3.63) is 99.0 Å². The number of nitrogens with one attached hydrogen (secondary N) is 1. The zero-order valence-corrected chi connectivity index (χ0v) is 20.0. The molecule has 2 aromatic heterocycles. The van der Waals surface area contributed by atoms with E-state index in [2.05, 4.69) is 21.2 Å². The Morgan fingerprint density at radius 3 is 2.62 bits per heavy atom. The lowest BCUT2D eigenvalue weighted by Gasteiger charge is -2.25. The van der Waals surface area contributed by atoms with Crippen LogP contribution in [-0.4, -0.2) is 27.3 Å². The van der Waals surface area contributed by atoms with Crippen LogP contribution in [0.25, 0.3) is 17.0 Å². The van der Waals surface area contributed by atoms with E-state index < -0.39 is 17.8 Å². The highest BCUT2D eigenvalue weighted by Crippen LogP contribution is 2.29. The number of amides is 4. The van der Waals surface area contributed by atoms with E-state index in [0.29, 0.717) is 22.9 Å². The van der Waals surface area contributed by atoms with Crippen LogP contribution in [0.4, 0.5) is 4.79 Å². The van der Waals surface area contributed by atoms with Gasteiger partial charge in [-0.1, -0.05) is 45.7 Å². The molecule has 0 bridgehead atoms.